The molecule has 2 rings (SSSR count). The number of aromatic nitrogens is 3. The minimum atomic E-state index is -1.59. The van der Waals surface area contributed by atoms with Gasteiger partial charge in [0.05, 0.1) is 11.9 Å². The van der Waals surface area contributed by atoms with Gasteiger partial charge in [-0.3, -0.25) is 4.79 Å². The van der Waals surface area contributed by atoms with Crippen LogP contribution < -0.4 is 11.1 Å². The smallest absolute Gasteiger partial charge is 0.246 e. The first kappa shape index (κ1) is 14.0. The lowest BCUT2D eigenvalue weighted by Gasteiger charge is -2.06. The summed E-state index contributed by atoms with van der Waals surface area (Å²) in [5.41, 5.74) is 5.64. The number of benzene rings is 1. The summed E-state index contributed by atoms with van der Waals surface area (Å²) in [4.78, 5) is 11.6. The van der Waals surface area contributed by atoms with E-state index < -0.39 is 23.4 Å². The molecule has 1 heterocycles. The maximum Gasteiger partial charge on any atom is 0.246 e. The fourth-order valence-corrected chi connectivity index (χ4v) is 1.48. The Labute approximate surface area is 111 Å². The first-order valence-electron chi connectivity index (χ1n) is 5.53. The second-order valence-electron chi connectivity index (χ2n) is 3.91. The molecule has 0 aliphatic heterocycles. The summed E-state index contributed by atoms with van der Waals surface area (Å²) in [7, 11) is 0. The molecule has 1 aromatic carbocycles. The Kier molecular flexibility index (Phi) is 3.99. The van der Waals surface area contributed by atoms with E-state index in [2.05, 4.69) is 15.6 Å². The van der Waals surface area contributed by atoms with Crippen LogP contribution >= 0.6 is 0 Å². The average molecular weight is 285 g/mol. The zero-order valence-corrected chi connectivity index (χ0v) is 10.1. The van der Waals surface area contributed by atoms with E-state index in [1.165, 1.54) is 10.9 Å². The Morgan fingerprint density at radius 3 is 2.50 bits per heavy atom. The van der Waals surface area contributed by atoms with Crippen molar-refractivity contribution in [3.05, 3.63) is 41.5 Å². The average Bonchev–Trinajstić information content (AvgIpc) is 2.83. The second kappa shape index (κ2) is 5.70. The number of nitrogens with two attached hydrogens (primary N) is 1. The second-order valence-corrected chi connectivity index (χ2v) is 3.91. The van der Waals surface area contributed by atoms with Crippen molar-refractivity contribution in [2.45, 2.75) is 13.1 Å². The summed E-state index contributed by atoms with van der Waals surface area (Å²) in [6.07, 6.45) is 1.46. The molecule has 106 valence electrons. The monoisotopic (exact) mass is 285 g/mol. The van der Waals surface area contributed by atoms with Crippen LogP contribution in [0, 0.1) is 17.5 Å². The molecule has 0 aliphatic carbocycles. The highest BCUT2D eigenvalue weighted by Crippen LogP contribution is 2.17. The van der Waals surface area contributed by atoms with E-state index >= 15 is 0 Å². The SMILES string of the molecule is NCc1cn(CC(=O)Nc2cc(F)c(F)c(F)c2)nn1. The molecule has 6 nitrogen and oxygen atoms in total. The van der Waals surface area contributed by atoms with Crippen molar-refractivity contribution >= 4 is 11.6 Å². The van der Waals surface area contributed by atoms with Crippen LogP contribution in [0.2, 0.25) is 0 Å². The van der Waals surface area contributed by atoms with Crippen molar-refractivity contribution in [3.8, 4) is 0 Å². The molecule has 9 heteroatoms. The van der Waals surface area contributed by atoms with Crippen LogP contribution in [0.3, 0.4) is 0 Å². The van der Waals surface area contributed by atoms with Gasteiger partial charge in [0, 0.05) is 24.4 Å². The number of amides is 1. The highest BCUT2D eigenvalue weighted by molar-refractivity contribution is 5.90. The van der Waals surface area contributed by atoms with Gasteiger partial charge < -0.3 is 11.1 Å². The number of rotatable bonds is 4. The van der Waals surface area contributed by atoms with Crippen LogP contribution in [0.1, 0.15) is 5.69 Å². The lowest BCUT2D eigenvalue weighted by Crippen LogP contribution is -2.19. The molecule has 0 radical (unpaired) electrons. The van der Waals surface area contributed by atoms with Crippen LogP contribution in [0.15, 0.2) is 18.3 Å². The number of nitrogens with one attached hydrogen (secondary N) is 1. The molecule has 1 amide bonds. The van der Waals surface area contributed by atoms with Crippen molar-refractivity contribution in [1.29, 1.82) is 0 Å². The van der Waals surface area contributed by atoms with Gasteiger partial charge in [-0.2, -0.15) is 0 Å². The Bertz CT molecular complexity index is 620. The Morgan fingerprint density at radius 2 is 1.95 bits per heavy atom. The molecular formula is C11H10F3N5O. The maximum absolute atomic E-state index is 13.0. The molecule has 0 atom stereocenters. The lowest BCUT2D eigenvalue weighted by atomic mass is 10.3. The Hall–Kier alpha value is -2.42. The Balaban J connectivity index is 2.04. The van der Waals surface area contributed by atoms with Crippen LogP contribution in [0.25, 0.3) is 0 Å². The molecule has 0 spiro atoms. The van der Waals surface area contributed by atoms with Gasteiger partial charge in [0.1, 0.15) is 6.54 Å². The first-order valence-corrected chi connectivity index (χ1v) is 5.53. The summed E-state index contributed by atoms with van der Waals surface area (Å²) in [5.74, 6) is -4.95. The molecule has 20 heavy (non-hydrogen) atoms. The normalized spacial score (nSPS) is 10.6. The van der Waals surface area contributed by atoms with E-state index in [4.69, 9.17) is 5.73 Å². The molecule has 0 saturated carbocycles. The third-order valence-electron chi connectivity index (χ3n) is 2.37. The van der Waals surface area contributed by atoms with Gasteiger partial charge in [-0.15, -0.1) is 5.10 Å². The minimum absolute atomic E-state index is 0.177. The predicted molar refractivity (Wildman–Crippen MR) is 62.9 cm³/mol. The van der Waals surface area contributed by atoms with E-state index in [0.717, 1.165) is 0 Å². The number of anilines is 1. The van der Waals surface area contributed by atoms with Crippen molar-refractivity contribution in [2.75, 3.05) is 5.32 Å². The highest BCUT2D eigenvalue weighted by atomic mass is 19.2. The van der Waals surface area contributed by atoms with Crippen LogP contribution in [-0.2, 0) is 17.9 Å². The highest BCUT2D eigenvalue weighted by Gasteiger charge is 2.12. The van der Waals surface area contributed by atoms with Gasteiger partial charge in [-0.1, -0.05) is 5.21 Å². The van der Waals surface area contributed by atoms with Gasteiger partial charge in [0.2, 0.25) is 5.91 Å². The summed E-state index contributed by atoms with van der Waals surface area (Å²) >= 11 is 0. The van der Waals surface area contributed by atoms with Crippen molar-refractivity contribution < 1.29 is 18.0 Å². The zero-order chi connectivity index (χ0) is 14.7. The summed E-state index contributed by atoms with van der Waals surface area (Å²) in [5, 5.41) is 9.53. The van der Waals surface area contributed by atoms with Gasteiger partial charge in [0.25, 0.3) is 0 Å². The van der Waals surface area contributed by atoms with E-state index in [9.17, 15) is 18.0 Å². The number of carbonyl (C=O) groups excluding carboxylic acids is 1. The van der Waals surface area contributed by atoms with Crippen LogP contribution in [0.4, 0.5) is 18.9 Å². The van der Waals surface area contributed by atoms with Crippen LogP contribution in [-0.4, -0.2) is 20.9 Å². The molecule has 3 N–H and O–H groups in total. The number of halogens is 3. The first-order chi connectivity index (χ1) is 9.49. The van der Waals surface area contributed by atoms with E-state index in [1.807, 2.05) is 0 Å². The maximum atomic E-state index is 13.0. The van der Waals surface area contributed by atoms with Crippen LogP contribution in [0.5, 0.6) is 0 Å². The number of carbonyl (C=O) groups is 1. The number of hydrogen-bond acceptors (Lipinski definition) is 4. The molecule has 0 saturated heterocycles. The fraction of sp³-hybridized carbons (Fsp3) is 0.182. The van der Waals surface area contributed by atoms with E-state index in [0.29, 0.717) is 17.8 Å². The zero-order valence-electron chi connectivity index (χ0n) is 10.1. The molecule has 2 aromatic rings. The van der Waals surface area contributed by atoms with Gasteiger partial charge in [-0.25, -0.2) is 17.9 Å². The van der Waals surface area contributed by atoms with E-state index in [1.54, 1.807) is 0 Å². The van der Waals surface area contributed by atoms with Crippen molar-refractivity contribution in [3.63, 3.8) is 0 Å². The molecule has 0 bridgehead atoms. The summed E-state index contributed by atoms with van der Waals surface area (Å²) < 4.78 is 39.9. The topological polar surface area (TPSA) is 85.8 Å². The quantitative estimate of drug-likeness (QED) is 0.813. The van der Waals surface area contributed by atoms with Gasteiger partial charge in [0.15, 0.2) is 17.5 Å². The Morgan fingerprint density at radius 1 is 1.30 bits per heavy atom. The van der Waals surface area contributed by atoms with Gasteiger partial charge >= 0.3 is 0 Å². The van der Waals surface area contributed by atoms with Gasteiger partial charge in [-0.05, 0) is 0 Å². The fourth-order valence-electron chi connectivity index (χ4n) is 1.48. The molecule has 0 aliphatic rings. The standard InChI is InChI=1S/C11H10F3N5O/c12-8-1-6(2-9(13)11(8)14)16-10(20)5-19-4-7(3-15)17-18-19/h1-2,4H,3,5,15H2,(H,16,20). The third kappa shape index (κ3) is 3.12. The summed E-state index contributed by atoms with van der Waals surface area (Å²) in [6.45, 7) is -0.0381. The van der Waals surface area contributed by atoms with E-state index in [-0.39, 0.29) is 18.8 Å². The van der Waals surface area contributed by atoms with Crippen molar-refractivity contribution in [2.24, 2.45) is 5.73 Å². The predicted octanol–water partition coefficient (Wildman–Crippen LogP) is 0.793. The molecule has 0 unspecified atom stereocenters. The minimum Gasteiger partial charge on any atom is -0.325 e. The van der Waals surface area contributed by atoms with Crippen molar-refractivity contribution in [1.82, 2.24) is 15.0 Å². The number of hydrogen-bond donors (Lipinski definition) is 2. The largest absolute Gasteiger partial charge is 0.325 e. The summed E-state index contributed by atoms with van der Waals surface area (Å²) in [6, 6.07) is 1.37. The number of nitrogens with zero attached hydrogens (tertiary/aromatic N) is 3. The molecule has 1 aromatic heterocycles. The third-order valence-corrected chi connectivity index (χ3v) is 2.37. The molecule has 0 fully saturated rings. The lowest BCUT2D eigenvalue weighted by molar-refractivity contribution is -0.116. The molecular weight excluding hydrogens is 275 g/mol.